The number of benzene rings is 2. The molecule has 4 rings (SSSR count). The van der Waals surface area contributed by atoms with Crippen LogP contribution in [0.15, 0.2) is 46.8 Å². The molecule has 1 aliphatic rings. The summed E-state index contributed by atoms with van der Waals surface area (Å²) in [4.78, 5) is 12.1. The number of aromatic nitrogens is 2. The topological polar surface area (TPSA) is 85.4 Å². The Morgan fingerprint density at radius 1 is 1.19 bits per heavy atom. The van der Waals surface area contributed by atoms with Crippen molar-refractivity contribution in [3.63, 3.8) is 0 Å². The summed E-state index contributed by atoms with van der Waals surface area (Å²) >= 11 is 2.50. The van der Waals surface area contributed by atoms with E-state index in [1.807, 2.05) is 0 Å². The van der Waals surface area contributed by atoms with Crippen molar-refractivity contribution in [1.82, 2.24) is 10.2 Å². The molecule has 138 valence electrons. The number of fused-ring (bicyclic) bond motifs is 1. The molecule has 1 aliphatic heterocycles. The Kier molecular flexibility index (Phi) is 5.07. The maximum Gasteiger partial charge on any atom is 0.234 e. The first-order chi connectivity index (χ1) is 13.2. The lowest BCUT2D eigenvalue weighted by atomic mass is 10.3. The molecule has 7 nitrogen and oxygen atoms in total. The van der Waals surface area contributed by atoms with E-state index >= 15 is 0 Å². The van der Waals surface area contributed by atoms with Gasteiger partial charge in [0.25, 0.3) is 0 Å². The van der Waals surface area contributed by atoms with Gasteiger partial charge >= 0.3 is 0 Å². The first-order valence-corrected chi connectivity index (χ1v) is 9.65. The molecule has 27 heavy (non-hydrogen) atoms. The van der Waals surface area contributed by atoms with Crippen molar-refractivity contribution >= 4 is 45.5 Å². The molecule has 2 heterocycles. The third-order valence-corrected chi connectivity index (χ3v) is 5.48. The number of carbonyl (C=O) groups is 1. The predicted octanol–water partition coefficient (Wildman–Crippen LogP) is 3.88. The fraction of sp³-hybridized carbons (Fsp3) is 0.118. The molecule has 0 radical (unpaired) electrons. The van der Waals surface area contributed by atoms with E-state index in [1.54, 1.807) is 36.4 Å². The molecule has 0 atom stereocenters. The van der Waals surface area contributed by atoms with Gasteiger partial charge in [-0.1, -0.05) is 35.2 Å². The monoisotopic (exact) mass is 404 g/mol. The van der Waals surface area contributed by atoms with Gasteiger partial charge < -0.3 is 20.1 Å². The van der Waals surface area contributed by atoms with Gasteiger partial charge in [-0.3, -0.25) is 4.79 Å². The molecule has 3 aromatic rings. The summed E-state index contributed by atoms with van der Waals surface area (Å²) in [6, 6.07) is 11.5. The van der Waals surface area contributed by atoms with Gasteiger partial charge in [0.1, 0.15) is 5.82 Å². The first-order valence-electron chi connectivity index (χ1n) is 7.85. The third-order valence-electron chi connectivity index (χ3n) is 3.50. The minimum absolute atomic E-state index is 0.169. The largest absolute Gasteiger partial charge is 0.454 e. The van der Waals surface area contributed by atoms with Crippen LogP contribution in [0.2, 0.25) is 0 Å². The summed E-state index contributed by atoms with van der Waals surface area (Å²) in [5, 5.41) is 14.1. The summed E-state index contributed by atoms with van der Waals surface area (Å²) in [6.45, 7) is 0.183. The Balaban J connectivity index is 1.30. The van der Waals surface area contributed by atoms with Gasteiger partial charge in [-0.15, -0.1) is 10.2 Å². The van der Waals surface area contributed by atoms with E-state index in [1.165, 1.54) is 29.2 Å². The standard InChI is InChI=1S/C17H13FN4O3S2/c18-11-3-1-2-4-12(11)20-16-21-22-17(27-16)26-8-15(23)19-10-5-6-13-14(7-10)25-9-24-13/h1-7H,8-9H2,(H,19,23)(H,20,21). The summed E-state index contributed by atoms with van der Waals surface area (Å²) in [5.74, 6) is 0.880. The van der Waals surface area contributed by atoms with Crippen LogP contribution in [0.1, 0.15) is 0 Å². The molecular weight excluding hydrogens is 391 g/mol. The lowest BCUT2D eigenvalue weighted by Gasteiger charge is -2.05. The van der Waals surface area contributed by atoms with Crippen LogP contribution in [0.25, 0.3) is 0 Å². The molecule has 0 saturated carbocycles. The lowest BCUT2D eigenvalue weighted by molar-refractivity contribution is -0.113. The average Bonchev–Trinajstić information content (AvgIpc) is 3.31. The van der Waals surface area contributed by atoms with Crippen molar-refractivity contribution in [2.45, 2.75) is 4.34 Å². The number of anilines is 3. The number of hydrogen-bond donors (Lipinski definition) is 2. The molecule has 1 aromatic heterocycles. The van der Waals surface area contributed by atoms with Crippen LogP contribution in [-0.4, -0.2) is 28.7 Å². The fourth-order valence-corrected chi connectivity index (χ4v) is 3.86. The number of nitrogens with one attached hydrogen (secondary N) is 2. The molecule has 0 saturated heterocycles. The van der Waals surface area contributed by atoms with E-state index in [4.69, 9.17) is 9.47 Å². The van der Waals surface area contributed by atoms with Crippen LogP contribution >= 0.6 is 23.1 Å². The Morgan fingerprint density at radius 2 is 2.04 bits per heavy atom. The van der Waals surface area contributed by atoms with E-state index in [0.717, 1.165) is 0 Å². The second-order valence-electron chi connectivity index (χ2n) is 5.38. The quantitative estimate of drug-likeness (QED) is 0.603. The number of thioether (sulfide) groups is 1. The first kappa shape index (κ1) is 17.6. The molecule has 0 fully saturated rings. The summed E-state index contributed by atoms with van der Waals surface area (Å²) in [7, 11) is 0. The number of hydrogen-bond acceptors (Lipinski definition) is 8. The van der Waals surface area contributed by atoms with Crippen LogP contribution < -0.4 is 20.1 Å². The molecular formula is C17H13FN4O3S2. The van der Waals surface area contributed by atoms with Gasteiger partial charge in [-0.25, -0.2) is 4.39 Å². The average molecular weight is 404 g/mol. The maximum absolute atomic E-state index is 13.6. The molecule has 2 N–H and O–H groups in total. The number of para-hydroxylation sites is 1. The van der Waals surface area contributed by atoms with Gasteiger partial charge in [-0.2, -0.15) is 0 Å². The SMILES string of the molecule is O=C(CSc1nnc(Nc2ccccc2F)s1)Nc1ccc2c(c1)OCO2. The second kappa shape index (κ2) is 7.80. The molecule has 2 aromatic carbocycles. The number of carbonyl (C=O) groups excluding carboxylic acids is 1. The van der Waals surface area contributed by atoms with Gasteiger partial charge in [0, 0.05) is 11.8 Å². The molecule has 0 spiro atoms. The Bertz CT molecular complexity index is 982. The number of nitrogens with zero attached hydrogens (tertiary/aromatic N) is 2. The Morgan fingerprint density at radius 3 is 2.93 bits per heavy atom. The predicted molar refractivity (Wildman–Crippen MR) is 102 cm³/mol. The number of amides is 1. The molecule has 0 bridgehead atoms. The van der Waals surface area contributed by atoms with Crippen LogP contribution in [0, 0.1) is 5.82 Å². The van der Waals surface area contributed by atoms with Crippen molar-refractivity contribution < 1.29 is 18.7 Å². The normalized spacial score (nSPS) is 12.0. The van der Waals surface area contributed by atoms with Gasteiger partial charge in [0.2, 0.25) is 17.8 Å². The minimum Gasteiger partial charge on any atom is -0.454 e. The van der Waals surface area contributed by atoms with Crippen molar-refractivity contribution in [1.29, 1.82) is 0 Å². The highest BCUT2D eigenvalue weighted by Crippen LogP contribution is 2.34. The Labute approximate surface area is 161 Å². The number of halogens is 1. The van der Waals surface area contributed by atoms with Crippen LogP contribution in [0.4, 0.5) is 20.9 Å². The van der Waals surface area contributed by atoms with E-state index in [0.29, 0.717) is 32.3 Å². The molecule has 0 unspecified atom stereocenters. The molecule has 1 amide bonds. The van der Waals surface area contributed by atoms with Crippen molar-refractivity contribution in [2.75, 3.05) is 23.2 Å². The summed E-state index contributed by atoms with van der Waals surface area (Å²) in [6.07, 6.45) is 0. The van der Waals surface area contributed by atoms with Crippen molar-refractivity contribution in [3.05, 3.63) is 48.3 Å². The zero-order valence-electron chi connectivity index (χ0n) is 13.8. The van der Waals surface area contributed by atoms with Gasteiger partial charge in [0.05, 0.1) is 11.4 Å². The minimum atomic E-state index is -0.370. The molecule has 10 heteroatoms. The fourth-order valence-electron chi connectivity index (χ4n) is 2.30. The summed E-state index contributed by atoms with van der Waals surface area (Å²) in [5.41, 5.74) is 0.953. The maximum atomic E-state index is 13.6. The van der Waals surface area contributed by atoms with E-state index in [9.17, 15) is 9.18 Å². The lowest BCUT2D eigenvalue weighted by Crippen LogP contribution is -2.13. The van der Waals surface area contributed by atoms with Crippen molar-refractivity contribution in [2.24, 2.45) is 0 Å². The Hall–Kier alpha value is -2.85. The summed E-state index contributed by atoms with van der Waals surface area (Å²) < 4.78 is 24.8. The van der Waals surface area contributed by atoms with Crippen molar-refractivity contribution in [3.8, 4) is 11.5 Å². The van der Waals surface area contributed by atoms with E-state index < -0.39 is 0 Å². The smallest absolute Gasteiger partial charge is 0.234 e. The number of rotatable bonds is 6. The second-order valence-corrected chi connectivity index (χ2v) is 7.58. The van der Waals surface area contributed by atoms with Gasteiger partial charge in [-0.05, 0) is 24.3 Å². The highest BCUT2D eigenvalue weighted by molar-refractivity contribution is 8.01. The van der Waals surface area contributed by atoms with Crippen LogP contribution in [0.5, 0.6) is 11.5 Å². The zero-order valence-corrected chi connectivity index (χ0v) is 15.4. The highest BCUT2D eigenvalue weighted by atomic mass is 32.2. The van der Waals surface area contributed by atoms with Gasteiger partial charge in [0.15, 0.2) is 15.8 Å². The highest BCUT2D eigenvalue weighted by Gasteiger charge is 2.15. The van der Waals surface area contributed by atoms with Crippen LogP contribution in [-0.2, 0) is 4.79 Å². The van der Waals surface area contributed by atoms with E-state index in [-0.39, 0.29) is 24.3 Å². The molecule has 0 aliphatic carbocycles. The third kappa shape index (κ3) is 4.29. The van der Waals surface area contributed by atoms with Crippen LogP contribution in [0.3, 0.4) is 0 Å². The number of ether oxygens (including phenoxy) is 2. The zero-order chi connectivity index (χ0) is 18.6. The van der Waals surface area contributed by atoms with E-state index in [2.05, 4.69) is 20.8 Å².